The van der Waals surface area contributed by atoms with Crippen LogP contribution < -0.4 is 4.72 Å². The Labute approximate surface area is 133 Å². The zero-order valence-corrected chi connectivity index (χ0v) is 13.2. The Kier molecular flexibility index (Phi) is 5.54. The van der Waals surface area contributed by atoms with Crippen LogP contribution >= 0.6 is 0 Å². The van der Waals surface area contributed by atoms with Gasteiger partial charge in [0.1, 0.15) is 0 Å². The topological polar surface area (TPSA) is 106 Å². The highest BCUT2D eigenvalue weighted by atomic mass is 32.2. The van der Waals surface area contributed by atoms with Crippen LogP contribution in [0.2, 0.25) is 0 Å². The van der Waals surface area contributed by atoms with Gasteiger partial charge in [-0.1, -0.05) is 0 Å². The number of furan rings is 1. The number of ether oxygens (including phenoxy) is 1. The molecular weight excluding hydrogens is 322 g/mol. The normalized spacial score (nSPS) is 12.8. The molecule has 0 saturated heterocycles. The first-order chi connectivity index (χ1) is 10.9. The zero-order valence-electron chi connectivity index (χ0n) is 12.4. The second-order valence-corrected chi connectivity index (χ2v) is 6.54. The molecule has 2 aromatic rings. The Balaban J connectivity index is 1.95. The van der Waals surface area contributed by atoms with E-state index in [1.165, 1.54) is 43.9 Å². The van der Waals surface area contributed by atoms with Gasteiger partial charge in [0, 0.05) is 12.1 Å². The Morgan fingerprint density at radius 2 is 2.00 bits per heavy atom. The smallest absolute Gasteiger partial charge is 0.337 e. The molecule has 2 N–H and O–H groups in total. The summed E-state index contributed by atoms with van der Waals surface area (Å²) in [4.78, 5) is 11.3. The van der Waals surface area contributed by atoms with E-state index in [4.69, 9.17) is 4.42 Å². The molecule has 0 aliphatic rings. The minimum atomic E-state index is -3.71. The molecule has 1 heterocycles. The summed E-state index contributed by atoms with van der Waals surface area (Å²) in [5.74, 6) is -0.537. The summed E-state index contributed by atoms with van der Waals surface area (Å²) < 4.78 is 36.0. The molecule has 0 bridgehead atoms. The monoisotopic (exact) mass is 339 g/mol. The fourth-order valence-corrected chi connectivity index (χ4v) is 2.98. The molecule has 7 nitrogen and oxygen atoms in total. The number of nitrogens with one attached hydrogen (secondary N) is 1. The second-order valence-electron chi connectivity index (χ2n) is 4.77. The lowest BCUT2D eigenvalue weighted by Crippen LogP contribution is -2.26. The van der Waals surface area contributed by atoms with Crippen LogP contribution in [0.5, 0.6) is 0 Å². The predicted molar refractivity (Wildman–Crippen MR) is 81.3 cm³/mol. The molecule has 0 aliphatic carbocycles. The van der Waals surface area contributed by atoms with Crippen LogP contribution in [0.3, 0.4) is 0 Å². The summed E-state index contributed by atoms with van der Waals surface area (Å²) in [7, 11) is -2.46. The van der Waals surface area contributed by atoms with Crippen LogP contribution in [-0.2, 0) is 14.8 Å². The number of carbonyl (C=O) groups excluding carboxylic acids is 1. The van der Waals surface area contributed by atoms with Crippen molar-refractivity contribution in [2.24, 2.45) is 0 Å². The number of hydrogen-bond donors (Lipinski definition) is 2. The van der Waals surface area contributed by atoms with Crippen LogP contribution in [0.15, 0.2) is 52.2 Å². The molecule has 0 aliphatic heterocycles. The molecule has 0 saturated carbocycles. The van der Waals surface area contributed by atoms with Crippen molar-refractivity contribution in [1.29, 1.82) is 0 Å². The molecule has 0 spiro atoms. The Morgan fingerprint density at radius 1 is 1.30 bits per heavy atom. The minimum Gasteiger partial charge on any atom is -0.472 e. The molecule has 124 valence electrons. The summed E-state index contributed by atoms with van der Waals surface area (Å²) in [6, 6.07) is 7.01. The van der Waals surface area contributed by atoms with Gasteiger partial charge in [0.15, 0.2) is 0 Å². The maximum absolute atomic E-state index is 12.1. The minimum absolute atomic E-state index is 0.0305. The molecule has 0 fully saturated rings. The average Bonchev–Trinajstić information content (AvgIpc) is 3.08. The maximum Gasteiger partial charge on any atom is 0.337 e. The Hall–Kier alpha value is -2.16. The predicted octanol–water partition coefficient (Wildman–Crippen LogP) is 1.47. The lowest BCUT2D eigenvalue weighted by Gasteiger charge is -2.10. The number of rotatable bonds is 7. The van der Waals surface area contributed by atoms with Crippen molar-refractivity contribution in [2.45, 2.75) is 17.4 Å². The fraction of sp³-hybridized carbons (Fsp3) is 0.267. The van der Waals surface area contributed by atoms with Crippen molar-refractivity contribution in [3.8, 4) is 0 Å². The van der Waals surface area contributed by atoms with Gasteiger partial charge in [-0.3, -0.25) is 0 Å². The van der Waals surface area contributed by atoms with E-state index in [1.807, 2.05) is 0 Å². The van der Waals surface area contributed by atoms with Crippen molar-refractivity contribution >= 4 is 16.0 Å². The van der Waals surface area contributed by atoms with Crippen LogP contribution in [0.1, 0.15) is 28.4 Å². The number of aliphatic hydroxyl groups excluding tert-OH is 1. The van der Waals surface area contributed by atoms with Gasteiger partial charge in [0.05, 0.1) is 36.2 Å². The first kappa shape index (κ1) is 17.2. The van der Waals surface area contributed by atoms with Crippen molar-refractivity contribution in [2.75, 3.05) is 13.7 Å². The molecule has 1 aromatic heterocycles. The van der Waals surface area contributed by atoms with Crippen LogP contribution in [-0.4, -0.2) is 33.1 Å². The van der Waals surface area contributed by atoms with Crippen LogP contribution in [0, 0.1) is 0 Å². The fourth-order valence-electron chi connectivity index (χ4n) is 1.93. The summed E-state index contributed by atoms with van der Waals surface area (Å²) in [6.07, 6.45) is 2.24. The molecule has 1 aromatic carbocycles. The first-order valence-electron chi connectivity index (χ1n) is 6.82. The standard InChI is InChI=1S/C15H17NO6S/c1-21-15(18)11-2-4-13(5-3-11)23(19,20)16-8-6-14(17)12-7-9-22-10-12/h2-5,7,9-10,14,16-17H,6,8H2,1H3/t14-/m0/s1. The van der Waals surface area contributed by atoms with Gasteiger partial charge < -0.3 is 14.3 Å². The molecule has 23 heavy (non-hydrogen) atoms. The summed E-state index contributed by atoms with van der Waals surface area (Å²) >= 11 is 0. The molecule has 1 atom stereocenters. The first-order valence-corrected chi connectivity index (χ1v) is 8.30. The van der Waals surface area contributed by atoms with Crippen molar-refractivity contribution in [3.63, 3.8) is 0 Å². The van der Waals surface area contributed by atoms with Gasteiger partial charge in [-0.2, -0.15) is 0 Å². The van der Waals surface area contributed by atoms with Gasteiger partial charge in [-0.15, -0.1) is 0 Å². The van der Waals surface area contributed by atoms with Gasteiger partial charge in [0.25, 0.3) is 0 Å². The highest BCUT2D eigenvalue weighted by Crippen LogP contribution is 2.17. The molecule has 0 unspecified atom stereocenters. The van der Waals surface area contributed by atoms with Gasteiger partial charge >= 0.3 is 5.97 Å². The van der Waals surface area contributed by atoms with E-state index in [0.717, 1.165) is 0 Å². The third-order valence-corrected chi connectivity index (χ3v) is 4.70. The summed E-state index contributed by atoms with van der Waals surface area (Å²) in [5, 5.41) is 9.86. The SMILES string of the molecule is COC(=O)c1ccc(S(=O)(=O)NCC[C@H](O)c2ccoc2)cc1. The average molecular weight is 339 g/mol. The number of sulfonamides is 1. The van der Waals surface area contributed by atoms with Crippen molar-refractivity contribution in [1.82, 2.24) is 4.72 Å². The van der Waals surface area contributed by atoms with Gasteiger partial charge in [-0.25, -0.2) is 17.9 Å². The molecule has 0 amide bonds. The highest BCUT2D eigenvalue weighted by molar-refractivity contribution is 7.89. The Morgan fingerprint density at radius 3 is 2.57 bits per heavy atom. The van der Waals surface area contributed by atoms with Crippen molar-refractivity contribution < 1.29 is 27.5 Å². The number of aliphatic hydroxyl groups is 1. The third kappa shape index (κ3) is 4.41. The van der Waals surface area contributed by atoms with E-state index in [-0.39, 0.29) is 23.4 Å². The van der Waals surface area contributed by atoms with E-state index < -0.39 is 22.1 Å². The van der Waals surface area contributed by atoms with E-state index in [2.05, 4.69) is 9.46 Å². The molecule has 8 heteroatoms. The summed E-state index contributed by atoms with van der Waals surface area (Å²) in [6.45, 7) is 0.0629. The van der Waals surface area contributed by atoms with E-state index in [0.29, 0.717) is 5.56 Å². The second kappa shape index (κ2) is 7.40. The lowest BCUT2D eigenvalue weighted by atomic mass is 10.1. The van der Waals surface area contributed by atoms with Crippen LogP contribution in [0.4, 0.5) is 0 Å². The van der Waals surface area contributed by atoms with E-state index in [1.54, 1.807) is 6.07 Å². The quantitative estimate of drug-likeness (QED) is 0.740. The Bertz CT molecular complexity index is 737. The number of esters is 1. The number of methoxy groups -OCH3 is 1. The van der Waals surface area contributed by atoms with E-state index >= 15 is 0 Å². The maximum atomic E-state index is 12.1. The molecule has 0 radical (unpaired) electrons. The number of carbonyl (C=O) groups is 1. The molecule has 2 rings (SSSR count). The summed E-state index contributed by atoms with van der Waals surface area (Å²) in [5.41, 5.74) is 0.855. The van der Waals surface area contributed by atoms with Gasteiger partial charge in [-0.05, 0) is 36.8 Å². The highest BCUT2D eigenvalue weighted by Gasteiger charge is 2.16. The van der Waals surface area contributed by atoms with Gasteiger partial charge in [0.2, 0.25) is 10.0 Å². The van der Waals surface area contributed by atoms with Crippen LogP contribution in [0.25, 0.3) is 0 Å². The lowest BCUT2D eigenvalue weighted by molar-refractivity contribution is 0.0600. The largest absolute Gasteiger partial charge is 0.472 e. The number of benzene rings is 1. The number of hydrogen-bond acceptors (Lipinski definition) is 6. The molecular formula is C15H17NO6S. The third-order valence-electron chi connectivity index (χ3n) is 3.22. The van der Waals surface area contributed by atoms with E-state index in [9.17, 15) is 18.3 Å². The zero-order chi connectivity index (χ0) is 16.9. The van der Waals surface area contributed by atoms with Crippen molar-refractivity contribution in [3.05, 3.63) is 54.0 Å².